The summed E-state index contributed by atoms with van der Waals surface area (Å²) in [6.07, 6.45) is 4.55. The molecule has 4 N–H and O–H groups in total. The first-order valence-corrected chi connectivity index (χ1v) is 23.0. The minimum atomic E-state index is -0.180. The maximum absolute atomic E-state index is 13.7. The Hall–Kier alpha value is -3.74. The number of anilines is 2. The minimum absolute atomic E-state index is 0.0324. The second-order valence-electron chi connectivity index (χ2n) is 15.3. The zero-order valence-corrected chi connectivity index (χ0v) is 33.5. The fraction of sp³-hybridized carbons (Fsp3) is 0.286. The van der Waals surface area contributed by atoms with Gasteiger partial charge < -0.3 is 0 Å². The van der Waals surface area contributed by atoms with Gasteiger partial charge in [0.2, 0.25) is 0 Å². The molecular formula is C42H46N4O2Se2. The Labute approximate surface area is 307 Å². The van der Waals surface area contributed by atoms with Crippen molar-refractivity contribution >= 4 is 69.5 Å². The van der Waals surface area contributed by atoms with Gasteiger partial charge in [0.1, 0.15) is 0 Å². The number of carbonyl (C=O) groups is 2. The summed E-state index contributed by atoms with van der Waals surface area (Å²) >= 11 is -0.0648. The average molecular weight is 797 g/mol. The van der Waals surface area contributed by atoms with Crippen LogP contribution in [-0.2, 0) is 0 Å². The van der Waals surface area contributed by atoms with Gasteiger partial charge in [-0.3, -0.25) is 0 Å². The Bertz CT molecular complexity index is 1880. The van der Waals surface area contributed by atoms with Gasteiger partial charge in [0.15, 0.2) is 0 Å². The Morgan fingerprint density at radius 2 is 0.900 bits per heavy atom. The molecule has 0 fully saturated rings. The van der Waals surface area contributed by atoms with E-state index in [0.717, 1.165) is 31.4 Å². The van der Waals surface area contributed by atoms with Gasteiger partial charge in [-0.25, -0.2) is 0 Å². The molecule has 4 aromatic carbocycles. The molecule has 6 nitrogen and oxygen atoms in total. The van der Waals surface area contributed by atoms with Gasteiger partial charge in [0, 0.05) is 0 Å². The van der Waals surface area contributed by atoms with Gasteiger partial charge in [-0.2, -0.15) is 0 Å². The molecular weight excluding hydrogens is 750 g/mol. The van der Waals surface area contributed by atoms with E-state index in [4.69, 9.17) is 0 Å². The van der Waals surface area contributed by atoms with Crippen LogP contribution in [0.5, 0.6) is 0 Å². The van der Waals surface area contributed by atoms with Gasteiger partial charge in [-0.1, -0.05) is 0 Å². The van der Waals surface area contributed by atoms with Crippen molar-refractivity contribution in [1.82, 2.24) is 10.6 Å². The first-order chi connectivity index (χ1) is 23.5. The van der Waals surface area contributed by atoms with Crippen LogP contribution in [0.2, 0.25) is 0 Å². The molecule has 0 aliphatic carbocycles. The van der Waals surface area contributed by atoms with E-state index in [-0.39, 0.29) is 60.2 Å². The third-order valence-corrected chi connectivity index (χ3v) is 16.2. The normalized spacial score (nSPS) is 18.2. The second kappa shape index (κ2) is 13.8. The van der Waals surface area contributed by atoms with E-state index in [1.54, 1.807) is 0 Å². The topological polar surface area (TPSA) is 82.3 Å². The zero-order valence-electron chi connectivity index (χ0n) is 30.0. The number of hydrogen-bond acceptors (Lipinski definition) is 4. The maximum atomic E-state index is 13.7. The van der Waals surface area contributed by atoms with Crippen LogP contribution < -0.4 is 30.2 Å². The summed E-state index contributed by atoms with van der Waals surface area (Å²) in [5.41, 5.74) is 6.92. The molecule has 50 heavy (non-hydrogen) atoms. The third kappa shape index (κ3) is 8.08. The molecule has 258 valence electrons. The van der Waals surface area contributed by atoms with Gasteiger partial charge >= 0.3 is 309 Å². The standard InChI is InChI=1S/C42H46N4O2Se2/c1-39(2)25-33(41(5,6)45-39)27-15-13-17-29(23-27)43-37(47)31-19-9-11-21-35(31)49-50-36-22-12-10-20-32(36)38(48)44-30-18-14-16-28(24-30)34-26-40(3,4)46-42(34,7)8/h9-26,45-46H,1-8H3,(H,43,47)(H,44,48). The van der Waals surface area contributed by atoms with Gasteiger partial charge in [-0.15, -0.1) is 0 Å². The van der Waals surface area contributed by atoms with Gasteiger partial charge in [0.05, 0.1) is 0 Å². The molecule has 2 aliphatic rings. The molecule has 2 heterocycles. The SMILES string of the molecule is CC1(C)C=C(c2cccc(NC(=O)c3ccccc3[Se][Se]c3ccccc3C(=O)Nc3cccc(C4=CC(C)(C)NC4(C)C)c3)c2)C(C)(C)N1. The van der Waals surface area contributed by atoms with Crippen molar-refractivity contribution in [1.29, 1.82) is 0 Å². The monoisotopic (exact) mass is 798 g/mol. The van der Waals surface area contributed by atoms with Crippen molar-refractivity contribution in [2.75, 3.05) is 10.6 Å². The number of amides is 2. The van der Waals surface area contributed by atoms with Gasteiger partial charge in [0.25, 0.3) is 0 Å². The first kappa shape index (κ1) is 36.1. The Morgan fingerprint density at radius 1 is 0.520 bits per heavy atom. The van der Waals surface area contributed by atoms with Gasteiger partial charge in [-0.05, 0) is 0 Å². The molecule has 2 aliphatic heterocycles. The van der Waals surface area contributed by atoms with E-state index in [0.29, 0.717) is 11.1 Å². The van der Waals surface area contributed by atoms with Crippen LogP contribution in [0.1, 0.15) is 87.2 Å². The quantitative estimate of drug-likeness (QED) is 0.145. The molecule has 0 unspecified atom stereocenters. The van der Waals surface area contributed by atoms with Crippen LogP contribution in [-0.4, -0.2) is 60.2 Å². The predicted molar refractivity (Wildman–Crippen MR) is 211 cm³/mol. The number of nitrogens with one attached hydrogen (secondary N) is 4. The Morgan fingerprint density at radius 3 is 1.26 bits per heavy atom. The fourth-order valence-corrected chi connectivity index (χ4v) is 14.4. The summed E-state index contributed by atoms with van der Waals surface area (Å²) < 4.78 is 2.04. The summed E-state index contributed by atoms with van der Waals surface area (Å²) in [4.78, 5) is 27.4. The van der Waals surface area contributed by atoms with Crippen LogP contribution >= 0.6 is 0 Å². The third-order valence-electron chi connectivity index (χ3n) is 8.97. The van der Waals surface area contributed by atoms with E-state index >= 15 is 0 Å². The van der Waals surface area contributed by atoms with E-state index in [9.17, 15) is 9.59 Å². The van der Waals surface area contributed by atoms with E-state index in [2.05, 4.69) is 113 Å². The van der Waals surface area contributed by atoms with Crippen molar-refractivity contribution < 1.29 is 9.59 Å². The molecule has 0 aromatic heterocycles. The van der Waals surface area contributed by atoms with E-state index in [1.165, 1.54) is 11.1 Å². The number of rotatable bonds is 9. The number of carbonyl (C=O) groups excluding carboxylic acids is 2. The molecule has 8 heteroatoms. The predicted octanol–water partition coefficient (Wildman–Crippen LogP) is 6.55. The fourth-order valence-electron chi connectivity index (χ4n) is 7.26. The van der Waals surface area contributed by atoms with Crippen LogP contribution in [0.3, 0.4) is 0 Å². The molecule has 0 radical (unpaired) electrons. The molecule has 0 atom stereocenters. The van der Waals surface area contributed by atoms with Crippen LogP contribution in [0.25, 0.3) is 11.1 Å². The number of benzene rings is 4. The summed E-state index contributed by atoms with van der Waals surface area (Å²) in [6, 6.07) is 31.8. The average Bonchev–Trinajstić information content (AvgIpc) is 3.43. The zero-order chi connectivity index (χ0) is 35.9. The van der Waals surface area contributed by atoms with Crippen LogP contribution in [0, 0.1) is 0 Å². The molecule has 0 bridgehead atoms. The molecule has 0 saturated heterocycles. The summed E-state index contributed by atoms with van der Waals surface area (Å²) in [5.74, 6) is -0.253. The van der Waals surface area contributed by atoms with Crippen molar-refractivity contribution in [2.45, 2.75) is 77.5 Å². The van der Waals surface area contributed by atoms with Crippen molar-refractivity contribution in [3.63, 3.8) is 0 Å². The first-order valence-electron chi connectivity index (χ1n) is 16.9. The summed E-state index contributed by atoms with van der Waals surface area (Å²) in [7, 11) is 0. The Balaban J connectivity index is 1.16. The molecule has 0 spiro atoms. The second-order valence-corrected chi connectivity index (χ2v) is 21.5. The summed E-state index contributed by atoms with van der Waals surface area (Å²) in [6.45, 7) is 17.4. The van der Waals surface area contributed by atoms with Crippen LogP contribution in [0.4, 0.5) is 11.4 Å². The van der Waals surface area contributed by atoms with Crippen LogP contribution in [0.15, 0.2) is 109 Å². The van der Waals surface area contributed by atoms with E-state index < -0.39 is 0 Å². The van der Waals surface area contributed by atoms with E-state index in [1.807, 2.05) is 72.8 Å². The molecule has 4 aromatic rings. The summed E-state index contributed by atoms with van der Waals surface area (Å²) in [5, 5.41) is 13.7. The molecule has 6 rings (SSSR count). The van der Waals surface area contributed by atoms with Crippen molar-refractivity contribution in [3.05, 3.63) is 131 Å². The van der Waals surface area contributed by atoms with Crippen molar-refractivity contribution in [2.24, 2.45) is 0 Å². The van der Waals surface area contributed by atoms with Crippen molar-refractivity contribution in [3.8, 4) is 0 Å². The molecule has 2 amide bonds. The Kier molecular flexibility index (Phi) is 9.93. The number of hydrogen-bond donors (Lipinski definition) is 4. The molecule has 0 saturated carbocycles.